The van der Waals surface area contributed by atoms with Crippen molar-refractivity contribution >= 4 is 0 Å². The van der Waals surface area contributed by atoms with E-state index in [2.05, 4.69) is 41.7 Å². The normalized spacial score (nSPS) is 13.4. The first-order valence-electron chi connectivity index (χ1n) is 8.32. The first-order valence-corrected chi connectivity index (χ1v) is 8.32. The summed E-state index contributed by atoms with van der Waals surface area (Å²) in [5.41, 5.74) is 4.49. The van der Waals surface area contributed by atoms with Crippen LogP contribution in [0.25, 0.3) is 11.1 Å². The van der Waals surface area contributed by atoms with Crippen LogP contribution >= 0.6 is 0 Å². The van der Waals surface area contributed by atoms with Crippen LogP contribution in [0.5, 0.6) is 0 Å². The van der Waals surface area contributed by atoms with E-state index >= 15 is 0 Å². The van der Waals surface area contributed by atoms with Crippen LogP contribution in [0.1, 0.15) is 23.1 Å². The maximum absolute atomic E-state index is 10.8. The van der Waals surface area contributed by atoms with Gasteiger partial charge in [-0.3, -0.25) is 0 Å². The van der Waals surface area contributed by atoms with Gasteiger partial charge in [-0.2, -0.15) is 0 Å². The first-order chi connectivity index (χ1) is 11.8. The van der Waals surface area contributed by atoms with Crippen LogP contribution < -0.4 is 5.32 Å². The fourth-order valence-corrected chi connectivity index (χ4v) is 3.07. The predicted octanol–water partition coefficient (Wildman–Crippen LogP) is 4.39. The van der Waals surface area contributed by atoms with E-state index in [1.165, 1.54) is 11.1 Å². The van der Waals surface area contributed by atoms with Gasteiger partial charge in [0, 0.05) is 12.5 Å². The Labute approximate surface area is 143 Å². The van der Waals surface area contributed by atoms with Gasteiger partial charge in [-0.15, -0.1) is 0 Å². The Bertz CT molecular complexity index is 738. The molecular formula is C22H23NO. The number of rotatable bonds is 6. The fourth-order valence-electron chi connectivity index (χ4n) is 3.07. The second-order valence-electron chi connectivity index (χ2n) is 6.01. The topological polar surface area (TPSA) is 32.3 Å². The van der Waals surface area contributed by atoms with Crippen molar-refractivity contribution in [1.82, 2.24) is 5.32 Å². The Kier molecular flexibility index (Phi) is 5.42. The Morgan fingerprint density at radius 3 is 1.83 bits per heavy atom. The Balaban J connectivity index is 1.86. The Morgan fingerprint density at radius 2 is 1.25 bits per heavy atom. The minimum atomic E-state index is -0.527. The number of hydrogen-bond acceptors (Lipinski definition) is 2. The Morgan fingerprint density at radius 1 is 0.708 bits per heavy atom. The molecule has 0 unspecified atom stereocenters. The largest absolute Gasteiger partial charge is 0.388 e. The van der Waals surface area contributed by atoms with Crippen molar-refractivity contribution < 1.29 is 5.11 Å². The number of aliphatic hydroxyl groups excluding tert-OH is 1. The van der Waals surface area contributed by atoms with Crippen molar-refractivity contribution in [2.45, 2.75) is 12.0 Å². The lowest BCUT2D eigenvalue weighted by Gasteiger charge is -2.24. The molecule has 0 aliphatic carbocycles. The van der Waals surface area contributed by atoms with Crippen LogP contribution in [-0.4, -0.2) is 18.7 Å². The summed E-state index contributed by atoms with van der Waals surface area (Å²) in [7, 11) is 1.92. The molecule has 0 aromatic heterocycles. The highest BCUT2D eigenvalue weighted by molar-refractivity contribution is 5.63. The van der Waals surface area contributed by atoms with Crippen molar-refractivity contribution in [3.8, 4) is 11.1 Å². The molecule has 122 valence electrons. The van der Waals surface area contributed by atoms with Gasteiger partial charge in [0.1, 0.15) is 0 Å². The summed E-state index contributed by atoms with van der Waals surface area (Å²) in [5.74, 6) is 0.0159. The number of likely N-dealkylation sites (N-methyl/N-ethyl adjacent to an activating group) is 1. The number of aliphatic hydroxyl groups is 1. The minimum Gasteiger partial charge on any atom is -0.388 e. The molecule has 2 atom stereocenters. The third-order valence-electron chi connectivity index (χ3n) is 4.39. The lowest BCUT2D eigenvalue weighted by atomic mass is 9.88. The number of hydrogen-bond donors (Lipinski definition) is 2. The molecule has 3 aromatic carbocycles. The quantitative estimate of drug-likeness (QED) is 0.706. The van der Waals surface area contributed by atoms with E-state index in [1.807, 2.05) is 55.6 Å². The highest BCUT2D eigenvalue weighted by Crippen LogP contribution is 2.31. The summed E-state index contributed by atoms with van der Waals surface area (Å²) in [4.78, 5) is 0. The molecule has 0 fully saturated rings. The third-order valence-corrected chi connectivity index (χ3v) is 4.39. The minimum absolute atomic E-state index is 0.0159. The maximum atomic E-state index is 10.8. The maximum Gasteiger partial charge on any atom is 0.0870 e. The fraction of sp³-hybridized carbons (Fsp3) is 0.182. The van der Waals surface area contributed by atoms with Gasteiger partial charge in [0.25, 0.3) is 0 Å². The molecule has 0 amide bonds. The van der Waals surface area contributed by atoms with Gasteiger partial charge < -0.3 is 10.4 Å². The lowest BCUT2D eigenvalue weighted by Crippen LogP contribution is -2.23. The summed E-state index contributed by atoms with van der Waals surface area (Å²) in [6.45, 7) is 0.723. The van der Waals surface area contributed by atoms with Crippen LogP contribution in [0.2, 0.25) is 0 Å². The highest BCUT2D eigenvalue weighted by atomic mass is 16.3. The summed E-state index contributed by atoms with van der Waals surface area (Å²) >= 11 is 0. The van der Waals surface area contributed by atoms with Crippen molar-refractivity contribution in [3.63, 3.8) is 0 Å². The van der Waals surface area contributed by atoms with Gasteiger partial charge in [-0.1, -0.05) is 84.9 Å². The van der Waals surface area contributed by atoms with E-state index in [-0.39, 0.29) is 5.92 Å². The molecule has 2 nitrogen and oxygen atoms in total. The zero-order chi connectivity index (χ0) is 16.8. The van der Waals surface area contributed by atoms with Gasteiger partial charge in [0.15, 0.2) is 0 Å². The molecule has 2 N–H and O–H groups in total. The molecule has 0 spiro atoms. The van der Waals surface area contributed by atoms with E-state index < -0.39 is 6.10 Å². The smallest absolute Gasteiger partial charge is 0.0870 e. The monoisotopic (exact) mass is 317 g/mol. The van der Waals surface area contributed by atoms with Crippen LogP contribution in [0.15, 0.2) is 84.9 Å². The Hall–Kier alpha value is -2.42. The molecule has 3 rings (SSSR count). The summed E-state index contributed by atoms with van der Waals surface area (Å²) in [6, 6.07) is 28.7. The zero-order valence-electron chi connectivity index (χ0n) is 13.9. The molecular weight excluding hydrogens is 294 g/mol. The predicted molar refractivity (Wildman–Crippen MR) is 99.9 cm³/mol. The van der Waals surface area contributed by atoms with Crippen LogP contribution in [0.4, 0.5) is 0 Å². The molecule has 0 radical (unpaired) electrons. The summed E-state index contributed by atoms with van der Waals surface area (Å²) in [5, 5.41) is 14.0. The average Bonchev–Trinajstić information content (AvgIpc) is 2.67. The van der Waals surface area contributed by atoms with Crippen LogP contribution in [-0.2, 0) is 0 Å². The van der Waals surface area contributed by atoms with Crippen LogP contribution in [0.3, 0.4) is 0 Å². The average molecular weight is 317 g/mol. The van der Waals surface area contributed by atoms with Crippen molar-refractivity contribution in [1.29, 1.82) is 0 Å². The van der Waals surface area contributed by atoms with Gasteiger partial charge in [-0.25, -0.2) is 0 Å². The number of benzene rings is 3. The summed E-state index contributed by atoms with van der Waals surface area (Å²) in [6.07, 6.45) is -0.527. The van der Waals surface area contributed by atoms with E-state index in [0.29, 0.717) is 0 Å². The van der Waals surface area contributed by atoms with Crippen molar-refractivity contribution in [2.75, 3.05) is 13.6 Å². The second kappa shape index (κ2) is 7.91. The van der Waals surface area contributed by atoms with Gasteiger partial charge in [0.2, 0.25) is 0 Å². The van der Waals surface area contributed by atoms with Gasteiger partial charge in [-0.05, 0) is 29.3 Å². The second-order valence-corrected chi connectivity index (χ2v) is 6.01. The molecule has 0 bridgehead atoms. The molecule has 0 aliphatic rings. The van der Waals surface area contributed by atoms with Gasteiger partial charge >= 0.3 is 0 Å². The molecule has 2 heteroatoms. The zero-order valence-corrected chi connectivity index (χ0v) is 13.9. The lowest BCUT2D eigenvalue weighted by molar-refractivity contribution is 0.144. The van der Waals surface area contributed by atoms with Crippen molar-refractivity contribution in [3.05, 3.63) is 96.1 Å². The van der Waals surface area contributed by atoms with E-state index in [0.717, 1.165) is 17.7 Å². The molecule has 3 aromatic rings. The molecule has 0 heterocycles. The molecule has 0 saturated heterocycles. The van der Waals surface area contributed by atoms with Crippen molar-refractivity contribution in [2.24, 2.45) is 0 Å². The van der Waals surface area contributed by atoms with Gasteiger partial charge in [0.05, 0.1) is 6.10 Å². The molecule has 0 aliphatic heterocycles. The van der Waals surface area contributed by atoms with Crippen LogP contribution in [0, 0.1) is 0 Å². The standard InChI is InChI=1S/C22H23NO/c1-23-16-21(22(24)20-10-6-3-7-11-20)19-14-12-18(13-15-19)17-8-4-2-5-9-17/h2-15,21-24H,16H2,1H3/t21-,22-/m1/s1. The van der Waals surface area contributed by atoms with E-state index in [1.54, 1.807) is 0 Å². The first kappa shape index (κ1) is 16.4. The van der Waals surface area contributed by atoms with E-state index in [9.17, 15) is 5.11 Å². The highest BCUT2D eigenvalue weighted by Gasteiger charge is 2.22. The molecule has 0 saturated carbocycles. The SMILES string of the molecule is CNC[C@H](c1ccc(-c2ccccc2)cc1)[C@H](O)c1ccccc1. The number of nitrogens with one attached hydrogen (secondary N) is 1. The molecule has 24 heavy (non-hydrogen) atoms. The van der Waals surface area contributed by atoms with E-state index in [4.69, 9.17) is 0 Å². The summed E-state index contributed by atoms with van der Waals surface area (Å²) < 4.78 is 0. The third kappa shape index (κ3) is 3.73.